The van der Waals surface area contributed by atoms with Crippen LogP contribution in [0.25, 0.3) is 22.4 Å². The van der Waals surface area contributed by atoms with Gasteiger partial charge in [-0.25, -0.2) is 9.78 Å². The van der Waals surface area contributed by atoms with Crippen LogP contribution >= 0.6 is 0 Å². The van der Waals surface area contributed by atoms with Gasteiger partial charge < -0.3 is 38.5 Å². The second kappa shape index (κ2) is 10.9. The predicted octanol–water partition coefficient (Wildman–Crippen LogP) is 2.19. The Hall–Kier alpha value is -5.40. The van der Waals surface area contributed by atoms with Crippen LogP contribution in [0, 0.1) is 0 Å². The number of carbonyl (C=O) groups is 4. The third-order valence-corrected chi connectivity index (χ3v) is 6.91. The highest BCUT2D eigenvalue weighted by Crippen LogP contribution is 2.40. The van der Waals surface area contributed by atoms with Crippen LogP contribution in [0.1, 0.15) is 33.7 Å². The summed E-state index contributed by atoms with van der Waals surface area (Å²) in [7, 11) is 4.57. The number of nitrogens with zero attached hydrogens (tertiary/aromatic N) is 4. The first kappa shape index (κ1) is 28.1. The van der Waals surface area contributed by atoms with Crippen LogP contribution in [0.3, 0.4) is 0 Å². The Morgan fingerprint density at radius 1 is 1.24 bits per heavy atom. The molecule has 3 amide bonds. The van der Waals surface area contributed by atoms with Crippen molar-refractivity contribution in [2.75, 3.05) is 34.4 Å². The molecule has 14 nitrogen and oxygen atoms in total. The van der Waals surface area contributed by atoms with Crippen LogP contribution < -0.4 is 14.8 Å². The van der Waals surface area contributed by atoms with Crippen LogP contribution in [0.5, 0.6) is 11.5 Å². The molecule has 0 spiro atoms. The number of methoxy groups -OCH3 is 1. The lowest BCUT2D eigenvalue weighted by molar-refractivity contribution is -0.137. The van der Waals surface area contributed by atoms with Crippen molar-refractivity contribution in [1.29, 1.82) is 0 Å². The number of likely N-dealkylation sites (N-methyl/N-ethyl adjacent to an activating group) is 1. The zero-order valence-corrected chi connectivity index (χ0v) is 23.2. The van der Waals surface area contributed by atoms with Gasteiger partial charge in [0.15, 0.2) is 17.0 Å². The summed E-state index contributed by atoms with van der Waals surface area (Å²) in [5.41, 5.74) is -0.775. The van der Waals surface area contributed by atoms with Crippen molar-refractivity contribution in [3.05, 3.63) is 59.9 Å². The number of amides is 3. The van der Waals surface area contributed by atoms with Crippen molar-refractivity contribution in [3.63, 3.8) is 0 Å². The lowest BCUT2D eigenvalue weighted by Crippen LogP contribution is -2.62. The molecular formula is C28H27N5O9. The Morgan fingerprint density at radius 2 is 2.02 bits per heavy atom. The largest absolute Gasteiger partial charge is 0.495 e. The van der Waals surface area contributed by atoms with Gasteiger partial charge in [0.1, 0.15) is 36.4 Å². The van der Waals surface area contributed by atoms with Gasteiger partial charge in [-0.05, 0) is 37.3 Å². The summed E-state index contributed by atoms with van der Waals surface area (Å²) in [4.78, 5) is 62.3. The van der Waals surface area contributed by atoms with E-state index in [4.69, 9.17) is 23.4 Å². The third-order valence-electron chi connectivity index (χ3n) is 6.91. The van der Waals surface area contributed by atoms with Gasteiger partial charge in [-0.2, -0.15) is 0 Å². The van der Waals surface area contributed by atoms with E-state index in [1.807, 2.05) is 0 Å². The molecule has 1 unspecified atom stereocenters. The highest BCUT2D eigenvalue weighted by Gasteiger charge is 2.48. The summed E-state index contributed by atoms with van der Waals surface area (Å²) in [6, 6.07) is 8.14. The number of carboxylic acid groups (broad SMARTS) is 1. The number of carbonyl (C=O) groups excluding carboxylic acids is 3. The fourth-order valence-electron chi connectivity index (χ4n) is 4.44. The minimum absolute atomic E-state index is 0.00174. The average Bonchev–Trinajstić information content (AvgIpc) is 3.60. The molecule has 218 valence electrons. The molecule has 1 atom stereocenters. The number of fused-ring (bicyclic) bond motifs is 3. The predicted molar refractivity (Wildman–Crippen MR) is 145 cm³/mol. The molecule has 0 saturated carbocycles. The molecule has 14 heteroatoms. The van der Waals surface area contributed by atoms with Crippen LogP contribution in [0.15, 0.2) is 51.6 Å². The Balaban J connectivity index is 1.49. The number of pyridine rings is 1. The molecule has 0 saturated heterocycles. The number of rotatable bonds is 8. The third kappa shape index (κ3) is 4.98. The van der Waals surface area contributed by atoms with Gasteiger partial charge in [0.25, 0.3) is 5.91 Å². The van der Waals surface area contributed by atoms with Crippen molar-refractivity contribution < 1.29 is 42.6 Å². The summed E-state index contributed by atoms with van der Waals surface area (Å²) < 4.78 is 22.6. The van der Waals surface area contributed by atoms with E-state index in [1.165, 1.54) is 25.0 Å². The maximum Gasteiger partial charge on any atom is 0.357 e. The van der Waals surface area contributed by atoms with E-state index in [0.717, 1.165) is 11.2 Å². The van der Waals surface area contributed by atoms with E-state index in [0.29, 0.717) is 22.4 Å². The maximum absolute atomic E-state index is 14.0. The maximum atomic E-state index is 14.0. The van der Waals surface area contributed by atoms with Crippen molar-refractivity contribution in [3.8, 4) is 23.0 Å². The summed E-state index contributed by atoms with van der Waals surface area (Å²) in [5, 5.41) is 12.3. The van der Waals surface area contributed by atoms with E-state index in [2.05, 4.69) is 15.3 Å². The molecule has 0 fully saturated rings. The molecule has 0 aliphatic carbocycles. The fraction of sp³-hybridized carbons (Fsp3) is 0.286. The second-order valence-corrected chi connectivity index (χ2v) is 9.89. The number of furan rings is 1. The van der Waals surface area contributed by atoms with E-state index in [-0.39, 0.29) is 41.8 Å². The summed E-state index contributed by atoms with van der Waals surface area (Å²) in [5.74, 6) is -2.55. The smallest absolute Gasteiger partial charge is 0.357 e. The van der Waals surface area contributed by atoms with E-state index in [1.54, 1.807) is 44.6 Å². The minimum Gasteiger partial charge on any atom is -0.495 e. The van der Waals surface area contributed by atoms with Gasteiger partial charge in [-0.15, -0.1) is 0 Å². The molecule has 1 aromatic carbocycles. The Labute approximate surface area is 238 Å². The first-order valence-electron chi connectivity index (χ1n) is 12.7. The summed E-state index contributed by atoms with van der Waals surface area (Å²) in [6.45, 7) is 0.785. The first-order chi connectivity index (χ1) is 20.0. The van der Waals surface area contributed by atoms with Gasteiger partial charge in [0, 0.05) is 25.9 Å². The zero-order chi connectivity index (χ0) is 30.2. The molecule has 4 aromatic rings. The molecule has 4 heterocycles. The zero-order valence-electron chi connectivity index (χ0n) is 23.2. The normalized spacial score (nSPS) is 16.4. The van der Waals surface area contributed by atoms with Crippen molar-refractivity contribution >= 4 is 34.7 Å². The molecule has 3 aromatic heterocycles. The van der Waals surface area contributed by atoms with Crippen molar-refractivity contribution in [2.24, 2.45) is 0 Å². The van der Waals surface area contributed by atoms with Crippen molar-refractivity contribution in [1.82, 2.24) is 25.1 Å². The van der Waals surface area contributed by atoms with Gasteiger partial charge in [0.05, 0.1) is 19.0 Å². The van der Waals surface area contributed by atoms with Crippen LogP contribution in [0.4, 0.5) is 0 Å². The molecular weight excluding hydrogens is 550 g/mol. The molecule has 0 bridgehead atoms. The number of carboxylic acids is 1. The molecule has 2 N–H and O–H groups in total. The Bertz CT molecular complexity index is 1710. The number of hydrogen-bond acceptors (Lipinski definition) is 10. The SMILES string of the molecule is COc1cccnc1CNC(=O)C1(C)COc2c(oc3cc(-c4nc(C(=O)O)co4)ccc23)C(=O)N1CC(=O)N(C)C. The highest BCUT2D eigenvalue weighted by molar-refractivity contribution is 6.06. The Morgan fingerprint density at radius 3 is 2.71 bits per heavy atom. The lowest BCUT2D eigenvalue weighted by atomic mass is 9.99. The van der Waals surface area contributed by atoms with Crippen molar-refractivity contribution in [2.45, 2.75) is 19.0 Å². The van der Waals surface area contributed by atoms with Crippen LogP contribution in [-0.4, -0.2) is 88.5 Å². The van der Waals surface area contributed by atoms with Gasteiger partial charge in [-0.1, -0.05) is 0 Å². The lowest BCUT2D eigenvalue weighted by Gasteiger charge is -2.37. The number of benzene rings is 1. The molecule has 0 radical (unpaired) electrons. The van der Waals surface area contributed by atoms with Gasteiger partial charge >= 0.3 is 5.97 Å². The summed E-state index contributed by atoms with van der Waals surface area (Å²) in [6.07, 6.45) is 2.58. The summed E-state index contributed by atoms with van der Waals surface area (Å²) >= 11 is 0. The Kier molecular flexibility index (Phi) is 7.29. The van der Waals surface area contributed by atoms with Gasteiger partial charge in [0.2, 0.25) is 23.5 Å². The number of ether oxygens (including phenoxy) is 2. The quantitative estimate of drug-likeness (QED) is 0.314. The standard InChI is InChI=1S/C28H27N5O9/c1-28(27(38)30-11-17-19(39-4)6-5-9-29-17)14-41-22-16-8-7-15(24-31-18(13-40-24)26(36)37)10-20(16)42-23(22)25(35)33(28)12-21(34)32(2)3/h5-10,13H,11-12,14H2,1-4H3,(H,30,38)(H,36,37). The minimum atomic E-state index is -1.62. The van der Waals surface area contributed by atoms with E-state index < -0.39 is 35.8 Å². The molecule has 42 heavy (non-hydrogen) atoms. The number of aromatic carboxylic acids is 1. The second-order valence-electron chi connectivity index (χ2n) is 9.89. The molecule has 5 rings (SSSR count). The fourth-order valence-corrected chi connectivity index (χ4v) is 4.44. The topological polar surface area (TPSA) is 178 Å². The average molecular weight is 578 g/mol. The molecule has 1 aliphatic rings. The van der Waals surface area contributed by atoms with Crippen LogP contribution in [-0.2, 0) is 16.1 Å². The van der Waals surface area contributed by atoms with E-state index >= 15 is 0 Å². The first-order valence-corrected chi connectivity index (χ1v) is 12.7. The highest BCUT2D eigenvalue weighted by atomic mass is 16.5. The number of hydrogen-bond donors (Lipinski definition) is 2. The van der Waals surface area contributed by atoms with Gasteiger partial charge in [-0.3, -0.25) is 19.4 Å². The number of nitrogens with one attached hydrogen (secondary N) is 1. The van der Waals surface area contributed by atoms with E-state index in [9.17, 15) is 19.2 Å². The number of oxazole rings is 1. The van der Waals surface area contributed by atoms with Crippen LogP contribution in [0.2, 0.25) is 0 Å². The molecule has 1 aliphatic heterocycles. The monoisotopic (exact) mass is 577 g/mol. The number of aromatic nitrogens is 2.